The Morgan fingerprint density at radius 1 is 1.23 bits per heavy atom. The van der Waals surface area contributed by atoms with E-state index in [0.717, 1.165) is 16.4 Å². The Balaban J connectivity index is 1.72. The molecule has 3 N–H and O–H groups in total. The van der Waals surface area contributed by atoms with Crippen molar-refractivity contribution in [3.8, 4) is 0 Å². The summed E-state index contributed by atoms with van der Waals surface area (Å²) in [6.07, 6.45) is 5.20. The second-order valence-electron chi connectivity index (χ2n) is 7.64. The molecule has 0 bridgehead atoms. The zero-order valence-electron chi connectivity index (χ0n) is 17.9. The molecule has 0 radical (unpaired) electrons. The molecule has 0 saturated heterocycles. The number of pyridine rings is 1. The maximum Gasteiger partial charge on any atom is 0.275 e. The molecule has 0 aliphatic carbocycles. The fourth-order valence-corrected chi connectivity index (χ4v) is 3.98. The molecule has 11 heteroatoms. The molecular weight excluding hydrogens is 454 g/mol. The minimum absolute atomic E-state index is 0.105. The third-order valence-corrected chi connectivity index (χ3v) is 6.34. The molecule has 0 aromatic carbocycles. The summed E-state index contributed by atoms with van der Waals surface area (Å²) in [6, 6.07) is 1.74. The van der Waals surface area contributed by atoms with Crippen LogP contribution in [0.15, 0.2) is 29.0 Å². The SMILES string of the molecule is CNc1nc(SC)ncc1CNc1cc(NC(=O)c2csc(C(C)(C)C)n2)cnc1Cl. The molecule has 1 amide bonds. The number of carbonyl (C=O) groups excluding carboxylic acids is 1. The van der Waals surface area contributed by atoms with E-state index in [9.17, 15) is 4.79 Å². The monoisotopic (exact) mass is 477 g/mol. The molecule has 0 aliphatic heterocycles. The van der Waals surface area contributed by atoms with Crippen LogP contribution in [0.5, 0.6) is 0 Å². The van der Waals surface area contributed by atoms with Gasteiger partial charge >= 0.3 is 0 Å². The quantitative estimate of drug-likeness (QED) is 0.250. The number of thiazole rings is 1. The first-order valence-corrected chi connectivity index (χ1v) is 11.9. The molecule has 164 valence electrons. The van der Waals surface area contributed by atoms with Gasteiger partial charge in [0.25, 0.3) is 5.91 Å². The summed E-state index contributed by atoms with van der Waals surface area (Å²) in [5.74, 6) is 0.443. The summed E-state index contributed by atoms with van der Waals surface area (Å²) in [6.45, 7) is 6.62. The van der Waals surface area contributed by atoms with E-state index >= 15 is 0 Å². The second kappa shape index (κ2) is 9.80. The molecule has 0 fully saturated rings. The lowest BCUT2D eigenvalue weighted by Gasteiger charge is -2.13. The maximum absolute atomic E-state index is 12.6. The summed E-state index contributed by atoms with van der Waals surface area (Å²) in [5.41, 5.74) is 2.26. The van der Waals surface area contributed by atoms with Crippen molar-refractivity contribution in [2.75, 3.05) is 29.3 Å². The standard InChI is InChI=1S/C20H24ClN7OS2/c1-20(2,3)18-27-14(10-31-18)17(29)26-12-6-13(15(21)24-9-12)23-7-11-8-25-19(30-5)28-16(11)22-4/h6,8-10,23H,7H2,1-5H3,(H,26,29)(H,22,25,28). The van der Waals surface area contributed by atoms with Gasteiger partial charge in [-0.25, -0.2) is 19.9 Å². The topological polar surface area (TPSA) is 105 Å². The van der Waals surface area contributed by atoms with E-state index < -0.39 is 0 Å². The molecule has 8 nitrogen and oxygen atoms in total. The van der Waals surface area contributed by atoms with Crippen molar-refractivity contribution in [1.82, 2.24) is 19.9 Å². The van der Waals surface area contributed by atoms with E-state index in [2.05, 4.69) is 56.7 Å². The van der Waals surface area contributed by atoms with Gasteiger partial charge in [-0.1, -0.05) is 44.1 Å². The number of halogens is 1. The minimum Gasteiger partial charge on any atom is -0.378 e. The Labute approximate surface area is 194 Å². The molecule has 0 aliphatic rings. The van der Waals surface area contributed by atoms with Crippen molar-refractivity contribution in [1.29, 1.82) is 0 Å². The molecule has 3 rings (SSSR count). The van der Waals surface area contributed by atoms with Gasteiger partial charge in [-0.15, -0.1) is 11.3 Å². The van der Waals surface area contributed by atoms with Crippen molar-refractivity contribution < 1.29 is 4.79 Å². The Kier molecular flexibility index (Phi) is 7.34. The zero-order chi connectivity index (χ0) is 22.6. The Hall–Kier alpha value is -2.43. The number of thioether (sulfide) groups is 1. The van der Waals surface area contributed by atoms with Crippen molar-refractivity contribution in [2.24, 2.45) is 0 Å². The molecular formula is C20H24ClN7OS2. The van der Waals surface area contributed by atoms with Crippen LogP contribution in [0, 0.1) is 0 Å². The van der Waals surface area contributed by atoms with Crippen LogP contribution in [-0.2, 0) is 12.0 Å². The van der Waals surface area contributed by atoms with E-state index in [0.29, 0.717) is 33.9 Å². The molecule has 3 heterocycles. The van der Waals surface area contributed by atoms with Gasteiger partial charge in [-0.3, -0.25) is 4.79 Å². The molecule has 0 unspecified atom stereocenters. The van der Waals surface area contributed by atoms with Crippen LogP contribution < -0.4 is 16.0 Å². The summed E-state index contributed by atoms with van der Waals surface area (Å²) < 4.78 is 0. The number of hydrogen-bond donors (Lipinski definition) is 3. The van der Waals surface area contributed by atoms with Gasteiger partial charge in [0.1, 0.15) is 11.5 Å². The normalized spacial score (nSPS) is 11.3. The molecule has 3 aromatic heterocycles. The largest absolute Gasteiger partial charge is 0.378 e. The van der Waals surface area contributed by atoms with Gasteiger partial charge in [0.05, 0.1) is 22.6 Å². The molecule has 3 aromatic rings. The lowest BCUT2D eigenvalue weighted by molar-refractivity contribution is 0.102. The van der Waals surface area contributed by atoms with Crippen molar-refractivity contribution >= 4 is 57.8 Å². The maximum atomic E-state index is 12.6. The molecule has 0 saturated carbocycles. The number of hydrogen-bond acceptors (Lipinski definition) is 9. The number of amides is 1. The highest BCUT2D eigenvalue weighted by molar-refractivity contribution is 7.98. The zero-order valence-corrected chi connectivity index (χ0v) is 20.3. The van der Waals surface area contributed by atoms with Crippen LogP contribution in [0.25, 0.3) is 0 Å². The predicted octanol–water partition coefficient (Wildman–Crippen LogP) is 4.91. The lowest BCUT2D eigenvalue weighted by Crippen LogP contribution is -2.15. The number of nitrogens with zero attached hydrogens (tertiary/aromatic N) is 4. The smallest absolute Gasteiger partial charge is 0.275 e. The molecule has 0 spiro atoms. The number of aromatic nitrogens is 4. The van der Waals surface area contributed by atoms with Gasteiger partial charge in [0.15, 0.2) is 10.3 Å². The predicted molar refractivity (Wildman–Crippen MR) is 129 cm³/mol. The summed E-state index contributed by atoms with van der Waals surface area (Å²) in [5, 5.41) is 12.8. The van der Waals surface area contributed by atoms with Crippen LogP contribution in [-0.4, -0.2) is 39.1 Å². The second-order valence-corrected chi connectivity index (χ2v) is 9.63. The average Bonchev–Trinajstić information content (AvgIpc) is 3.25. The van der Waals surface area contributed by atoms with Crippen LogP contribution >= 0.6 is 34.7 Å². The van der Waals surface area contributed by atoms with Crippen LogP contribution in [0.3, 0.4) is 0 Å². The number of nitrogens with one attached hydrogen (secondary N) is 3. The van der Waals surface area contributed by atoms with Crippen molar-refractivity contribution in [2.45, 2.75) is 37.9 Å². The highest BCUT2D eigenvalue weighted by atomic mass is 35.5. The summed E-state index contributed by atoms with van der Waals surface area (Å²) in [4.78, 5) is 30.0. The third-order valence-electron chi connectivity index (χ3n) is 4.21. The first-order valence-electron chi connectivity index (χ1n) is 9.45. The average molecular weight is 478 g/mol. The number of anilines is 3. The third kappa shape index (κ3) is 5.84. The van der Waals surface area contributed by atoms with E-state index in [4.69, 9.17) is 11.6 Å². The van der Waals surface area contributed by atoms with E-state index in [1.165, 1.54) is 29.3 Å². The lowest BCUT2D eigenvalue weighted by atomic mass is 9.98. The van der Waals surface area contributed by atoms with Gasteiger partial charge in [-0.05, 0) is 12.3 Å². The van der Waals surface area contributed by atoms with E-state index in [1.54, 1.807) is 17.6 Å². The van der Waals surface area contributed by atoms with Crippen molar-refractivity contribution in [3.05, 3.63) is 45.3 Å². The Morgan fingerprint density at radius 3 is 2.65 bits per heavy atom. The van der Waals surface area contributed by atoms with Crippen LogP contribution in [0.1, 0.15) is 41.8 Å². The highest BCUT2D eigenvalue weighted by Crippen LogP contribution is 2.27. The summed E-state index contributed by atoms with van der Waals surface area (Å²) in [7, 11) is 1.81. The van der Waals surface area contributed by atoms with Gasteiger partial charge < -0.3 is 16.0 Å². The van der Waals surface area contributed by atoms with Crippen LogP contribution in [0.4, 0.5) is 17.2 Å². The van der Waals surface area contributed by atoms with Crippen LogP contribution in [0.2, 0.25) is 5.15 Å². The van der Waals surface area contributed by atoms with Gasteiger partial charge in [-0.2, -0.15) is 0 Å². The fourth-order valence-electron chi connectivity index (χ4n) is 2.58. The molecule has 0 atom stereocenters. The van der Waals surface area contributed by atoms with Crippen molar-refractivity contribution in [3.63, 3.8) is 0 Å². The fraction of sp³-hybridized carbons (Fsp3) is 0.350. The minimum atomic E-state index is -0.291. The highest BCUT2D eigenvalue weighted by Gasteiger charge is 2.20. The summed E-state index contributed by atoms with van der Waals surface area (Å²) >= 11 is 9.19. The molecule has 31 heavy (non-hydrogen) atoms. The first-order chi connectivity index (χ1) is 14.7. The Morgan fingerprint density at radius 2 is 2.00 bits per heavy atom. The van der Waals surface area contributed by atoms with Gasteiger partial charge in [0.2, 0.25) is 0 Å². The van der Waals surface area contributed by atoms with Gasteiger partial charge in [0, 0.05) is 36.1 Å². The number of carbonyl (C=O) groups is 1. The van der Waals surface area contributed by atoms with E-state index in [-0.39, 0.29) is 11.3 Å². The van der Waals surface area contributed by atoms with E-state index in [1.807, 2.05) is 13.3 Å². The Bertz CT molecular complexity index is 1080. The first kappa shape index (κ1) is 23.2. The number of rotatable bonds is 7.